The number of aromatic amines is 1. The molecule has 0 radical (unpaired) electrons. The molecule has 7 nitrogen and oxygen atoms in total. The maximum Gasteiger partial charge on any atom is 0.274 e. The van der Waals surface area contributed by atoms with Gasteiger partial charge < -0.3 is 4.90 Å². The Morgan fingerprint density at radius 1 is 1.03 bits per heavy atom. The van der Waals surface area contributed by atoms with E-state index >= 15 is 0 Å². The molecule has 1 N–H and O–H groups in total. The molecule has 4 rings (SSSR count). The van der Waals surface area contributed by atoms with Gasteiger partial charge in [0.15, 0.2) is 0 Å². The lowest BCUT2D eigenvalue weighted by Gasteiger charge is -2.22. The Morgan fingerprint density at radius 3 is 2.45 bits per heavy atom. The van der Waals surface area contributed by atoms with Crippen molar-refractivity contribution < 1.29 is 4.79 Å². The van der Waals surface area contributed by atoms with Gasteiger partial charge in [-0.15, -0.1) is 0 Å². The Bertz CT molecular complexity index is 1180. The van der Waals surface area contributed by atoms with Gasteiger partial charge in [-0.3, -0.25) is 14.7 Å². The number of anilines is 1. The number of para-hydroxylation sites is 1. The van der Waals surface area contributed by atoms with Crippen LogP contribution >= 0.6 is 0 Å². The van der Waals surface area contributed by atoms with Crippen molar-refractivity contribution in [3.05, 3.63) is 94.2 Å². The van der Waals surface area contributed by atoms with E-state index in [1.165, 1.54) is 10.6 Å². The van der Waals surface area contributed by atoms with Crippen LogP contribution in [0, 0.1) is 6.92 Å². The summed E-state index contributed by atoms with van der Waals surface area (Å²) in [7, 11) is 0. The zero-order valence-corrected chi connectivity index (χ0v) is 16.1. The number of carbonyl (C=O) groups is 1. The predicted molar refractivity (Wildman–Crippen MR) is 111 cm³/mol. The first-order chi connectivity index (χ1) is 14.1. The largest absolute Gasteiger partial charge is 0.305 e. The van der Waals surface area contributed by atoms with Crippen LogP contribution in [0.25, 0.3) is 5.78 Å². The van der Waals surface area contributed by atoms with Crippen LogP contribution in [0.2, 0.25) is 0 Å². The second-order valence-electron chi connectivity index (χ2n) is 6.84. The lowest BCUT2D eigenvalue weighted by Crippen LogP contribution is -2.31. The summed E-state index contributed by atoms with van der Waals surface area (Å²) in [5, 5.41) is 2.96. The molecule has 2 heterocycles. The van der Waals surface area contributed by atoms with E-state index in [2.05, 4.69) is 15.1 Å². The zero-order chi connectivity index (χ0) is 20.2. The SMILES string of the molecule is Cc1cc(=O)n2[nH]c(CN(C(=O)CCc3ccccc3)c3ccccc3)nc2n1. The van der Waals surface area contributed by atoms with Crippen LogP contribution < -0.4 is 10.5 Å². The van der Waals surface area contributed by atoms with Crippen LogP contribution in [0.15, 0.2) is 71.5 Å². The number of hydrogen-bond acceptors (Lipinski definition) is 4. The molecule has 29 heavy (non-hydrogen) atoms. The molecule has 0 aliphatic carbocycles. The molecule has 7 heteroatoms. The molecule has 146 valence electrons. The summed E-state index contributed by atoms with van der Waals surface area (Å²) in [6.07, 6.45) is 1.03. The normalized spacial score (nSPS) is 10.9. The van der Waals surface area contributed by atoms with Crippen molar-refractivity contribution in [2.45, 2.75) is 26.3 Å². The van der Waals surface area contributed by atoms with Gasteiger partial charge in [0, 0.05) is 23.9 Å². The zero-order valence-electron chi connectivity index (χ0n) is 16.1. The van der Waals surface area contributed by atoms with E-state index in [-0.39, 0.29) is 18.0 Å². The topological polar surface area (TPSA) is 83.4 Å². The molecule has 1 amide bonds. The number of carbonyl (C=O) groups excluding carboxylic acids is 1. The molecule has 0 aliphatic rings. The number of nitrogens with one attached hydrogen (secondary N) is 1. The fourth-order valence-electron chi connectivity index (χ4n) is 3.22. The van der Waals surface area contributed by atoms with Gasteiger partial charge in [0.25, 0.3) is 11.3 Å². The van der Waals surface area contributed by atoms with Crippen molar-refractivity contribution in [1.29, 1.82) is 0 Å². The summed E-state index contributed by atoms with van der Waals surface area (Å²) in [5.74, 6) is 0.781. The van der Waals surface area contributed by atoms with Gasteiger partial charge in [-0.2, -0.15) is 9.50 Å². The van der Waals surface area contributed by atoms with E-state index in [4.69, 9.17) is 0 Å². The van der Waals surface area contributed by atoms with Crippen LogP contribution in [-0.4, -0.2) is 25.5 Å². The van der Waals surface area contributed by atoms with Gasteiger partial charge in [-0.05, 0) is 31.0 Å². The lowest BCUT2D eigenvalue weighted by molar-refractivity contribution is -0.118. The van der Waals surface area contributed by atoms with Crippen molar-refractivity contribution in [2.75, 3.05) is 4.90 Å². The first-order valence-electron chi connectivity index (χ1n) is 9.45. The molecular formula is C22H21N5O2. The Balaban J connectivity index is 1.60. The third kappa shape index (κ3) is 4.24. The molecule has 0 saturated heterocycles. The number of nitrogens with zero attached hydrogens (tertiary/aromatic N) is 4. The monoisotopic (exact) mass is 387 g/mol. The van der Waals surface area contributed by atoms with Crippen molar-refractivity contribution in [3.8, 4) is 0 Å². The van der Waals surface area contributed by atoms with Gasteiger partial charge in [-0.1, -0.05) is 48.5 Å². The number of aromatic nitrogens is 4. The molecule has 0 fully saturated rings. The van der Waals surface area contributed by atoms with Crippen LogP contribution in [0.5, 0.6) is 0 Å². The molecule has 2 aromatic carbocycles. The second kappa shape index (κ2) is 8.10. The molecule has 0 bridgehead atoms. The summed E-state index contributed by atoms with van der Waals surface area (Å²) in [6, 6.07) is 20.8. The van der Waals surface area contributed by atoms with Crippen molar-refractivity contribution in [1.82, 2.24) is 19.6 Å². The van der Waals surface area contributed by atoms with Gasteiger partial charge in [-0.25, -0.2) is 4.98 Å². The van der Waals surface area contributed by atoms with Gasteiger partial charge in [0.2, 0.25) is 5.91 Å². The fraction of sp³-hybridized carbons (Fsp3) is 0.182. The number of H-pyrrole nitrogens is 1. The fourth-order valence-corrected chi connectivity index (χ4v) is 3.22. The first kappa shape index (κ1) is 18.6. The number of rotatable bonds is 6. The average Bonchev–Trinajstić information content (AvgIpc) is 3.14. The van der Waals surface area contributed by atoms with Gasteiger partial charge in [0.1, 0.15) is 5.82 Å². The van der Waals surface area contributed by atoms with Crippen molar-refractivity contribution >= 4 is 17.4 Å². The minimum absolute atomic E-state index is 0.0167. The average molecular weight is 387 g/mol. The predicted octanol–water partition coefficient (Wildman–Crippen LogP) is 2.89. The standard InChI is InChI=1S/C22H21N5O2/c1-16-14-21(29)27-22(23-16)24-19(25-27)15-26(18-10-6-3-7-11-18)20(28)13-12-17-8-4-2-5-9-17/h2-11,14H,12-13,15H2,1H3,(H,23,24,25). The highest BCUT2D eigenvalue weighted by atomic mass is 16.2. The minimum Gasteiger partial charge on any atom is -0.305 e. The van der Waals surface area contributed by atoms with E-state index in [9.17, 15) is 9.59 Å². The van der Waals surface area contributed by atoms with Crippen LogP contribution in [-0.2, 0) is 17.8 Å². The van der Waals surface area contributed by atoms with E-state index in [1.807, 2.05) is 60.7 Å². The van der Waals surface area contributed by atoms with E-state index < -0.39 is 0 Å². The summed E-state index contributed by atoms with van der Waals surface area (Å²) < 4.78 is 1.29. The number of fused-ring (bicyclic) bond motifs is 1. The highest BCUT2D eigenvalue weighted by molar-refractivity contribution is 5.93. The van der Waals surface area contributed by atoms with E-state index in [1.54, 1.807) is 11.8 Å². The quantitative estimate of drug-likeness (QED) is 0.551. The maximum absolute atomic E-state index is 13.1. The summed E-state index contributed by atoms with van der Waals surface area (Å²) in [4.78, 5) is 35.5. The molecule has 0 unspecified atom stereocenters. The van der Waals surface area contributed by atoms with Crippen LogP contribution in [0.1, 0.15) is 23.5 Å². The minimum atomic E-state index is -0.229. The van der Waals surface area contributed by atoms with Crippen LogP contribution in [0.4, 0.5) is 5.69 Å². The Kier molecular flexibility index (Phi) is 5.20. The number of amides is 1. The van der Waals surface area contributed by atoms with Crippen LogP contribution in [0.3, 0.4) is 0 Å². The van der Waals surface area contributed by atoms with Gasteiger partial charge in [0.05, 0.1) is 6.54 Å². The molecule has 0 spiro atoms. The van der Waals surface area contributed by atoms with E-state index in [0.29, 0.717) is 30.1 Å². The Hall–Kier alpha value is -3.74. The smallest absolute Gasteiger partial charge is 0.274 e. The summed E-state index contributed by atoms with van der Waals surface area (Å²) in [6.45, 7) is 1.97. The third-order valence-corrected chi connectivity index (χ3v) is 4.65. The molecular weight excluding hydrogens is 366 g/mol. The van der Waals surface area contributed by atoms with E-state index in [0.717, 1.165) is 11.3 Å². The number of benzene rings is 2. The van der Waals surface area contributed by atoms with Crippen molar-refractivity contribution in [3.63, 3.8) is 0 Å². The lowest BCUT2D eigenvalue weighted by atomic mass is 10.1. The highest BCUT2D eigenvalue weighted by Crippen LogP contribution is 2.18. The number of hydrogen-bond donors (Lipinski definition) is 1. The summed E-state index contributed by atoms with van der Waals surface area (Å²) >= 11 is 0. The molecule has 0 aliphatic heterocycles. The Morgan fingerprint density at radius 2 is 1.72 bits per heavy atom. The molecule has 0 atom stereocenters. The maximum atomic E-state index is 13.1. The van der Waals surface area contributed by atoms with Gasteiger partial charge >= 0.3 is 0 Å². The first-order valence-corrected chi connectivity index (χ1v) is 9.45. The third-order valence-electron chi connectivity index (χ3n) is 4.65. The second-order valence-corrected chi connectivity index (χ2v) is 6.84. The Labute approximate surface area is 167 Å². The molecule has 4 aromatic rings. The van der Waals surface area contributed by atoms with Crippen molar-refractivity contribution in [2.24, 2.45) is 0 Å². The molecule has 0 saturated carbocycles. The molecule has 2 aromatic heterocycles. The number of aryl methyl sites for hydroxylation is 2. The highest BCUT2D eigenvalue weighted by Gasteiger charge is 2.18. The summed E-state index contributed by atoms with van der Waals surface area (Å²) in [5.41, 5.74) is 2.27.